The van der Waals surface area contributed by atoms with Crippen molar-refractivity contribution in [3.8, 4) is 0 Å². The first-order chi connectivity index (χ1) is 8.24. The van der Waals surface area contributed by atoms with Crippen molar-refractivity contribution in [3.05, 3.63) is 0 Å². The normalized spacial score (nSPS) is 17.4. The molecule has 100 valence electrons. The van der Waals surface area contributed by atoms with Gasteiger partial charge in [0, 0.05) is 32.7 Å². The Morgan fingerprint density at radius 1 is 1.29 bits per heavy atom. The van der Waals surface area contributed by atoms with Crippen LogP contribution in [0.1, 0.15) is 6.42 Å². The van der Waals surface area contributed by atoms with E-state index in [9.17, 15) is 4.79 Å². The molecule has 0 aromatic heterocycles. The minimum Gasteiger partial charge on any atom is -0.380 e. The summed E-state index contributed by atoms with van der Waals surface area (Å²) in [7, 11) is 2.09. The topological polar surface area (TPSA) is 44.8 Å². The second-order valence-electron chi connectivity index (χ2n) is 4.14. The maximum absolute atomic E-state index is 11.8. The Hall–Kier alpha value is -0.300. The Labute approximate surface area is 108 Å². The minimum absolute atomic E-state index is 0.218. The number of rotatable bonds is 7. The standard InChI is InChI=1S/C11H23N3O2S/c1-13-5-7-14(8-6-13)11(15)3-9-16-10-4-12-17-2/h12H,3-10H2,1-2H3. The lowest BCUT2D eigenvalue weighted by Gasteiger charge is -2.32. The molecule has 0 aromatic carbocycles. The van der Waals surface area contributed by atoms with Crippen LogP contribution in [0.15, 0.2) is 0 Å². The van der Waals surface area contributed by atoms with Crippen LogP contribution in [0.5, 0.6) is 0 Å². The molecular weight excluding hydrogens is 238 g/mol. The van der Waals surface area contributed by atoms with Gasteiger partial charge in [0.15, 0.2) is 0 Å². The van der Waals surface area contributed by atoms with Crippen LogP contribution in [-0.2, 0) is 9.53 Å². The molecule has 1 saturated heterocycles. The summed E-state index contributed by atoms with van der Waals surface area (Å²) in [5, 5.41) is 0. The zero-order valence-electron chi connectivity index (χ0n) is 10.8. The lowest BCUT2D eigenvalue weighted by atomic mass is 10.3. The number of nitrogens with one attached hydrogen (secondary N) is 1. The number of carbonyl (C=O) groups is 1. The van der Waals surface area contributed by atoms with Gasteiger partial charge in [-0.2, -0.15) is 0 Å². The van der Waals surface area contributed by atoms with Crippen LogP contribution in [0, 0.1) is 0 Å². The highest BCUT2D eigenvalue weighted by atomic mass is 32.2. The molecule has 1 fully saturated rings. The Kier molecular flexibility index (Phi) is 7.59. The number of piperazine rings is 1. The molecule has 0 saturated carbocycles. The van der Waals surface area contributed by atoms with E-state index in [-0.39, 0.29) is 5.91 Å². The molecule has 1 amide bonds. The molecule has 1 aliphatic rings. The average Bonchev–Trinajstić information content (AvgIpc) is 2.34. The molecule has 0 bridgehead atoms. The number of nitrogens with zero attached hydrogens (tertiary/aromatic N) is 2. The lowest BCUT2D eigenvalue weighted by Crippen LogP contribution is -2.47. The second-order valence-corrected chi connectivity index (χ2v) is 4.84. The molecule has 1 aliphatic heterocycles. The van der Waals surface area contributed by atoms with Crippen molar-refractivity contribution in [1.82, 2.24) is 14.5 Å². The third-order valence-corrected chi connectivity index (χ3v) is 3.30. The average molecular weight is 261 g/mol. The molecule has 0 radical (unpaired) electrons. The number of likely N-dealkylation sites (N-methyl/N-ethyl adjacent to an activating group) is 1. The fraction of sp³-hybridized carbons (Fsp3) is 0.909. The molecule has 0 aromatic rings. The van der Waals surface area contributed by atoms with E-state index in [2.05, 4.69) is 16.7 Å². The van der Waals surface area contributed by atoms with Crippen molar-refractivity contribution in [2.45, 2.75) is 6.42 Å². The van der Waals surface area contributed by atoms with E-state index in [4.69, 9.17) is 4.74 Å². The summed E-state index contributed by atoms with van der Waals surface area (Å²) < 4.78 is 8.48. The van der Waals surface area contributed by atoms with E-state index in [0.29, 0.717) is 19.6 Å². The maximum Gasteiger partial charge on any atom is 0.224 e. The summed E-state index contributed by atoms with van der Waals surface area (Å²) in [5.74, 6) is 0.218. The first-order valence-electron chi connectivity index (χ1n) is 6.04. The first-order valence-corrected chi connectivity index (χ1v) is 7.26. The Bertz CT molecular complexity index is 221. The molecule has 17 heavy (non-hydrogen) atoms. The molecule has 0 atom stereocenters. The van der Waals surface area contributed by atoms with Gasteiger partial charge in [0.05, 0.1) is 19.6 Å². The van der Waals surface area contributed by atoms with Crippen LogP contribution in [-0.4, -0.2) is 74.9 Å². The third-order valence-electron chi connectivity index (χ3n) is 2.81. The Morgan fingerprint density at radius 3 is 2.65 bits per heavy atom. The molecule has 5 nitrogen and oxygen atoms in total. The highest BCUT2D eigenvalue weighted by molar-refractivity contribution is 7.96. The number of amides is 1. The van der Waals surface area contributed by atoms with Crippen molar-refractivity contribution in [2.75, 3.05) is 59.2 Å². The number of ether oxygens (including phenoxy) is 1. The van der Waals surface area contributed by atoms with Crippen molar-refractivity contribution >= 4 is 17.9 Å². The first kappa shape index (κ1) is 14.8. The third kappa shape index (κ3) is 6.26. The van der Waals surface area contributed by atoms with Gasteiger partial charge in [0.2, 0.25) is 5.91 Å². The monoisotopic (exact) mass is 261 g/mol. The number of hydrogen-bond acceptors (Lipinski definition) is 5. The summed E-state index contributed by atoms with van der Waals surface area (Å²) in [6.45, 7) is 5.67. The van der Waals surface area contributed by atoms with Crippen LogP contribution in [0.2, 0.25) is 0 Å². The van der Waals surface area contributed by atoms with Crippen molar-refractivity contribution < 1.29 is 9.53 Å². The van der Waals surface area contributed by atoms with Gasteiger partial charge in [0.1, 0.15) is 0 Å². The quantitative estimate of drug-likeness (QED) is 0.518. The Balaban J connectivity index is 2.01. The van der Waals surface area contributed by atoms with Crippen LogP contribution in [0.4, 0.5) is 0 Å². The predicted molar refractivity (Wildman–Crippen MR) is 71.0 cm³/mol. The number of carbonyl (C=O) groups excluding carboxylic acids is 1. The molecule has 1 rings (SSSR count). The Morgan fingerprint density at radius 2 is 2.00 bits per heavy atom. The van der Waals surface area contributed by atoms with Crippen molar-refractivity contribution in [1.29, 1.82) is 0 Å². The van der Waals surface area contributed by atoms with Gasteiger partial charge in [-0.15, -0.1) is 0 Å². The molecule has 1 heterocycles. The van der Waals surface area contributed by atoms with Crippen molar-refractivity contribution in [3.63, 3.8) is 0 Å². The van der Waals surface area contributed by atoms with Gasteiger partial charge in [-0.3, -0.25) is 9.52 Å². The predicted octanol–water partition coefficient (Wildman–Crippen LogP) is 0.0347. The van der Waals surface area contributed by atoms with E-state index in [1.165, 1.54) is 0 Å². The van der Waals surface area contributed by atoms with Gasteiger partial charge in [0.25, 0.3) is 0 Å². The van der Waals surface area contributed by atoms with Gasteiger partial charge in [-0.1, -0.05) is 11.9 Å². The van der Waals surface area contributed by atoms with Gasteiger partial charge in [-0.05, 0) is 13.3 Å². The second kappa shape index (κ2) is 8.74. The highest BCUT2D eigenvalue weighted by Gasteiger charge is 2.18. The van der Waals surface area contributed by atoms with E-state index in [0.717, 1.165) is 32.7 Å². The molecule has 0 unspecified atom stereocenters. The van der Waals surface area contributed by atoms with Crippen LogP contribution >= 0.6 is 11.9 Å². The summed E-state index contributed by atoms with van der Waals surface area (Å²) in [5.41, 5.74) is 0. The minimum atomic E-state index is 0.218. The van der Waals surface area contributed by atoms with Crippen LogP contribution in [0.3, 0.4) is 0 Å². The smallest absolute Gasteiger partial charge is 0.224 e. The van der Waals surface area contributed by atoms with Crippen LogP contribution in [0.25, 0.3) is 0 Å². The maximum atomic E-state index is 11.8. The van der Waals surface area contributed by atoms with E-state index < -0.39 is 0 Å². The highest BCUT2D eigenvalue weighted by Crippen LogP contribution is 2.01. The fourth-order valence-corrected chi connectivity index (χ4v) is 1.98. The van der Waals surface area contributed by atoms with Crippen LogP contribution < -0.4 is 4.72 Å². The van der Waals surface area contributed by atoms with Gasteiger partial charge >= 0.3 is 0 Å². The van der Waals surface area contributed by atoms with Crippen molar-refractivity contribution in [2.24, 2.45) is 0 Å². The van der Waals surface area contributed by atoms with E-state index >= 15 is 0 Å². The van der Waals surface area contributed by atoms with E-state index in [1.807, 2.05) is 11.2 Å². The largest absolute Gasteiger partial charge is 0.380 e. The van der Waals surface area contributed by atoms with E-state index in [1.54, 1.807) is 11.9 Å². The molecular formula is C11H23N3O2S. The molecule has 0 aliphatic carbocycles. The summed E-state index contributed by atoms with van der Waals surface area (Å²) in [6.07, 6.45) is 2.49. The molecule has 6 heteroatoms. The number of hydrogen-bond donors (Lipinski definition) is 1. The van der Waals surface area contributed by atoms with Gasteiger partial charge < -0.3 is 14.5 Å². The SMILES string of the molecule is CSNCCOCCC(=O)N1CCN(C)CC1. The summed E-state index contributed by atoms with van der Waals surface area (Å²) >= 11 is 1.58. The molecule has 1 N–H and O–H groups in total. The van der Waals surface area contributed by atoms with Gasteiger partial charge in [-0.25, -0.2) is 0 Å². The molecule has 0 spiro atoms. The lowest BCUT2D eigenvalue weighted by molar-refractivity contribution is -0.133. The fourth-order valence-electron chi connectivity index (χ4n) is 1.69. The summed E-state index contributed by atoms with van der Waals surface area (Å²) in [6, 6.07) is 0. The summed E-state index contributed by atoms with van der Waals surface area (Å²) in [4.78, 5) is 16.0. The zero-order valence-corrected chi connectivity index (χ0v) is 11.6. The zero-order chi connectivity index (χ0) is 12.5.